The molecule has 4 nitrogen and oxygen atoms in total. The summed E-state index contributed by atoms with van der Waals surface area (Å²) in [4.78, 5) is 21.2. The zero-order valence-electron chi connectivity index (χ0n) is 13.1. The number of hydrogen-bond donors (Lipinski definition) is 1. The molecule has 0 bridgehead atoms. The van der Waals surface area contributed by atoms with Gasteiger partial charge in [-0.3, -0.25) is 4.79 Å². The smallest absolute Gasteiger partial charge is 0.224 e. The molecule has 0 radical (unpaired) electrons. The second-order valence-electron chi connectivity index (χ2n) is 5.54. The number of nitrogens with zero attached hydrogens (tertiary/aromatic N) is 2. The molecule has 1 amide bonds. The quantitative estimate of drug-likeness (QED) is 0.574. The highest BCUT2D eigenvalue weighted by molar-refractivity contribution is 7.18. The second-order valence-corrected chi connectivity index (χ2v) is 7.89. The molecular weight excluding hydrogens is 338 g/mol. The maximum atomic E-state index is 12.2. The zero-order chi connectivity index (χ0) is 16.5. The van der Waals surface area contributed by atoms with E-state index in [9.17, 15) is 4.79 Å². The summed E-state index contributed by atoms with van der Waals surface area (Å²) < 4.78 is 2.26. The first-order valence-electron chi connectivity index (χ1n) is 7.69. The summed E-state index contributed by atoms with van der Waals surface area (Å²) in [5, 5.41) is 5.00. The van der Waals surface area contributed by atoms with Gasteiger partial charge in [-0.2, -0.15) is 0 Å². The highest BCUT2D eigenvalue weighted by Crippen LogP contribution is 2.25. The molecule has 0 aliphatic carbocycles. The van der Waals surface area contributed by atoms with E-state index in [-0.39, 0.29) is 5.91 Å². The fourth-order valence-corrected chi connectivity index (χ4v) is 4.42. The van der Waals surface area contributed by atoms with Gasteiger partial charge in [-0.1, -0.05) is 12.1 Å². The molecule has 0 saturated carbocycles. The molecule has 120 valence electrons. The fraction of sp³-hybridized carbons (Fsp3) is 0.167. The number of amides is 1. The number of hydrogen-bond acceptors (Lipinski definition) is 5. The molecule has 0 aliphatic heterocycles. The highest BCUT2D eigenvalue weighted by atomic mass is 32.1. The van der Waals surface area contributed by atoms with E-state index in [0.29, 0.717) is 12.8 Å². The maximum Gasteiger partial charge on any atom is 0.224 e. The van der Waals surface area contributed by atoms with Crippen LogP contribution in [0.25, 0.3) is 20.4 Å². The summed E-state index contributed by atoms with van der Waals surface area (Å²) in [6.07, 6.45) is 1.09. The van der Waals surface area contributed by atoms with E-state index in [1.807, 2.05) is 43.3 Å². The van der Waals surface area contributed by atoms with E-state index in [0.717, 1.165) is 31.4 Å². The number of rotatable bonds is 4. The number of fused-ring (bicyclic) bond motifs is 2. The summed E-state index contributed by atoms with van der Waals surface area (Å²) >= 11 is 3.29. The molecule has 6 heteroatoms. The number of anilines is 1. The van der Waals surface area contributed by atoms with E-state index in [1.165, 1.54) is 4.70 Å². The van der Waals surface area contributed by atoms with Crippen LogP contribution in [0.5, 0.6) is 0 Å². The van der Waals surface area contributed by atoms with E-state index in [4.69, 9.17) is 0 Å². The van der Waals surface area contributed by atoms with Crippen molar-refractivity contribution in [2.24, 2.45) is 0 Å². The number of thiazole rings is 2. The Hall–Kier alpha value is -2.31. The Morgan fingerprint density at radius 3 is 2.75 bits per heavy atom. The van der Waals surface area contributed by atoms with Gasteiger partial charge in [0, 0.05) is 18.5 Å². The van der Waals surface area contributed by atoms with Gasteiger partial charge < -0.3 is 5.32 Å². The van der Waals surface area contributed by atoms with Gasteiger partial charge in [-0.05, 0) is 37.3 Å². The Balaban J connectivity index is 1.41. The van der Waals surface area contributed by atoms with Crippen molar-refractivity contribution >= 4 is 54.7 Å². The van der Waals surface area contributed by atoms with Crippen molar-refractivity contribution in [3.63, 3.8) is 0 Å². The third kappa shape index (κ3) is 3.16. The zero-order valence-corrected chi connectivity index (χ0v) is 14.7. The van der Waals surface area contributed by atoms with Gasteiger partial charge in [0.05, 0.1) is 30.4 Å². The number of benzene rings is 2. The molecule has 24 heavy (non-hydrogen) atoms. The standard InChI is InChI=1S/C18H15N3OS2/c1-11-19-14-7-6-12(10-16(14)23-11)20-17(22)8-9-18-21-13-4-2-3-5-15(13)24-18/h2-7,10H,8-9H2,1H3,(H,20,22). The molecule has 0 unspecified atom stereocenters. The normalized spacial score (nSPS) is 11.2. The summed E-state index contributed by atoms with van der Waals surface area (Å²) in [6, 6.07) is 13.9. The van der Waals surface area contributed by atoms with Crippen LogP contribution in [0.1, 0.15) is 16.4 Å². The van der Waals surface area contributed by atoms with Crippen molar-refractivity contribution in [3.05, 3.63) is 52.5 Å². The minimum Gasteiger partial charge on any atom is -0.326 e. The molecule has 1 N–H and O–H groups in total. The summed E-state index contributed by atoms with van der Waals surface area (Å²) in [5.41, 5.74) is 2.80. The Kier molecular flexibility index (Phi) is 4.00. The molecule has 0 spiro atoms. The lowest BCUT2D eigenvalue weighted by Gasteiger charge is -2.04. The predicted octanol–water partition coefficient (Wildman–Crippen LogP) is 4.79. The molecule has 2 heterocycles. The topological polar surface area (TPSA) is 54.9 Å². The van der Waals surface area contributed by atoms with E-state index in [1.54, 1.807) is 22.7 Å². The predicted molar refractivity (Wildman–Crippen MR) is 101 cm³/mol. The molecule has 0 fully saturated rings. The third-order valence-corrected chi connectivity index (χ3v) is 5.71. The van der Waals surface area contributed by atoms with Gasteiger partial charge in [0.25, 0.3) is 0 Å². The Bertz CT molecular complexity index is 1000. The summed E-state index contributed by atoms with van der Waals surface area (Å²) in [7, 11) is 0. The molecular formula is C18H15N3OS2. The van der Waals surface area contributed by atoms with Crippen molar-refractivity contribution < 1.29 is 4.79 Å². The van der Waals surface area contributed by atoms with E-state index in [2.05, 4.69) is 21.4 Å². The monoisotopic (exact) mass is 353 g/mol. The van der Waals surface area contributed by atoms with Crippen molar-refractivity contribution in [2.45, 2.75) is 19.8 Å². The minimum absolute atomic E-state index is 0.00911. The molecule has 2 aromatic carbocycles. The third-order valence-electron chi connectivity index (χ3n) is 3.68. The van der Waals surface area contributed by atoms with E-state index < -0.39 is 0 Å². The lowest BCUT2D eigenvalue weighted by Crippen LogP contribution is -2.12. The molecule has 0 saturated heterocycles. The summed E-state index contributed by atoms with van der Waals surface area (Å²) in [5.74, 6) is 0.00911. The number of carbonyl (C=O) groups is 1. The van der Waals surface area contributed by atoms with Crippen molar-refractivity contribution in [3.8, 4) is 0 Å². The van der Waals surface area contributed by atoms with Gasteiger partial charge in [0.15, 0.2) is 0 Å². The Morgan fingerprint density at radius 2 is 1.88 bits per heavy atom. The minimum atomic E-state index is 0.00911. The van der Waals surface area contributed by atoms with Crippen LogP contribution in [-0.2, 0) is 11.2 Å². The molecule has 4 aromatic rings. The highest BCUT2D eigenvalue weighted by Gasteiger charge is 2.08. The van der Waals surface area contributed by atoms with Gasteiger partial charge in [0.2, 0.25) is 5.91 Å². The first-order valence-corrected chi connectivity index (χ1v) is 9.32. The molecule has 0 atom stereocenters. The van der Waals surface area contributed by atoms with Gasteiger partial charge >= 0.3 is 0 Å². The number of nitrogens with one attached hydrogen (secondary N) is 1. The second kappa shape index (κ2) is 6.30. The Labute approximate surface area is 147 Å². The lowest BCUT2D eigenvalue weighted by molar-refractivity contribution is -0.116. The van der Waals surface area contributed by atoms with Crippen LogP contribution in [-0.4, -0.2) is 15.9 Å². The van der Waals surface area contributed by atoms with Gasteiger partial charge in [0.1, 0.15) is 0 Å². The SMILES string of the molecule is Cc1nc2ccc(NC(=O)CCc3nc4ccccc4s3)cc2s1. The number of para-hydroxylation sites is 1. The molecule has 2 aromatic heterocycles. The van der Waals surface area contributed by atoms with Crippen molar-refractivity contribution in [1.29, 1.82) is 0 Å². The van der Waals surface area contributed by atoms with Crippen molar-refractivity contribution in [2.75, 3.05) is 5.32 Å². The van der Waals surface area contributed by atoms with Crippen molar-refractivity contribution in [1.82, 2.24) is 9.97 Å². The van der Waals surface area contributed by atoms with Gasteiger partial charge in [-0.15, -0.1) is 22.7 Å². The van der Waals surface area contributed by atoms with Crippen LogP contribution in [0.4, 0.5) is 5.69 Å². The van der Waals surface area contributed by atoms with Crippen LogP contribution < -0.4 is 5.32 Å². The first-order chi connectivity index (χ1) is 11.7. The average molecular weight is 353 g/mol. The molecule has 4 rings (SSSR count). The van der Waals surface area contributed by atoms with Crippen LogP contribution in [0.3, 0.4) is 0 Å². The molecule has 0 aliphatic rings. The van der Waals surface area contributed by atoms with Crippen LogP contribution in [0.2, 0.25) is 0 Å². The summed E-state index contributed by atoms with van der Waals surface area (Å²) in [6.45, 7) is 1.99. The van der Waals surface area contributed by atoms with Crippen LogP contribution >= 0.6 is 22.7 Å². The first kappa shape index (κ1) is 15.2. The van der Waals surface area contributed by atoms with E-state index >= 15 is 0 Å². The van der Waals surface area contributed by atoms with Gasteiger partial charge in [-0.25, -0.2) is 9.97 Å². The maximum absolute atomic E-state index is 12.2. The Morgan fingerprint density at radius 1 is 1.04 bits per heavy atom. The number of carbonyl (C=O) groups excluding carboxylic acids is 1. The number of aromatic nitrogens is 2. The number of aryl methyl sites for hydroxylation is 2. The van der Waals surface area contributed by atoms with Crippen LogP contribution in [0.15, 0.2) is 42.5 Å². The van der Waals surface area contributed by atoms with Crippen LogP contribution in [0, 0.1) is 6.92 Å². The average Bonchev–Trinajstić information content (AvgIpc) is 3.14. The largest absolute Gasteiger partial charge is 0.326 e. The lowest BCUT2D eigenvalue weighted by atomic mass is 10.2. The fourth-order valence-electron chi connectivity index (χ4n) is 2.59.